The van der Waals surface area contributed by atoms with Crippen molar-refractivity contribution in [2.45, 2.75) is 38.9 Å². The summed E-state index contributed by atoms with van der Waals surface area (Å²) in [6.45, 7) is 5.13. The van der Waals surface area contributed by atoms with E-state index in [-0.39, 0.29) is 36.9 Å². The number of ether oxygens (including phenoxy) is 1. The number of hydrogen-bond donors (Lipinski definition) is 0. The first-order valence-electron chi connectivity index (χ1n) is 8.07. The molecule has 122 valence electrons. The van der Waals surface area contributed by atoms with Gasteiger partial charge in [0.1, 0.15) is 0 Å². The summed E-state index contributed by atoms with van der Waals surface area (Å²) in [6.07, 6.45) is 2.33. The lowest BCUT2D eigenvalue weighted by molar-refractivity contribution is -0.143. The first-order valence-corrected chi connectivity index (χ1v) is 8.07. The Bertz CT molecular complexity index is 712. The number of para-hydroxylation sites is 1. The molecule has 0 saturated carbocycles. The zero-order valence-electron chi connectivity index (χ0n) is 13.6. The van der Waals surface area contributed by atoms with E-state index >= 15 is 0 Å². The highest BCUT2D eigenvalue weighted by Gasteiger charge is 2.26. The van der Waals surface area contributed by atoms with Crippen LogP contribution in [0.25, 0.3) is 10.9 Å². The largest absolute Gasteiger partial charge is 0.372 e. The molecule has 2 unspecified atom stereocenters. The summed E-state index contributed by atoms with van der Waals surface area (Å²) in [7, 11) is 0. The normalized spacial score (nSPS) is 21.6. The van der Waals surface area contributed by atoms with Crippen molar-refractivity contribution in [2.24, 2.45) is 0 Å². The third-order valence-corrected chi connectivity index (χ3v) is 4.19. The van der Waals surface area contributed by atoms with Gasteiger partial charge >= 0.3 is 0 Å². The van der Waals surface area contributed by atoms with Crippen LogP contribution in [0.1, 0.15) is 31.5 Å². The van der Waals surface area contributed by atoms with Crippen LogP contribution in [0.2, 0.25) is 0 Å². The monoisotopic (exact) mass is 314 g/mol. The number of aromatic nitrogens is 1. The molecule has 1 amide bonds. The van der Waals surface area contributed by atoms with Gasteiger partial charge in [0, 0.05) is 37.5 Å². The Balaban J connectivity index is 1.61. The molecule has 1 aliphatic rings. The molecular formula is C18H22N2O3. The predicted octanol–water partition coefficient (Wildman–Crippen LogP) is 2.70. The molecule has 5 heteroatoms. The molecule has 2 atom stereocenters. The van der Waals surface area contributed by atoms with Crippen molar-refractivity contribution in [3.8, 4) is 0 Å². The van der Waals surface area contributed by atoms with Crippen LogP contribution in [0.15, 0.2) is 36.5 Å². The van der Waals surface area contributed by atoms with E-state index in [1.807, 2.05) is 44.2 Å². The molecule has 1 saturated heterocycles. The average molecular weight is 314 g/mol. The second kappa shape index (κ2) is 6.54. The number of rotatable bonds is 3. The minimum atomic E-state index is -0.0473. The topological polar surface area (TPSA) is 51.5 Å². The standard InChI is InChI=1S/C18H22N2O3/c1-13-11-19(12-14(2)23-13)17(21)7-8-18(22)20-10-9-15-5-3-4-6-16(15)20/h3-6,9-10,13-14H,7-8,11-12H2,1-2H3. The second-order valence-electron chi connectivity index (χ2n) is 6.19. The molecular weight excluding hydrogens is 292 g/mol. The molecule has 2 aromatic rings. The smallest absolute Gasteiger partial charge is 0.231 e. The molecule has 23 heavy (non-hydrogen) atoms. The minimum absolute atomic E-state index is 0.0248. The fraction of sp³-hybridized carbons (Fsp3) is 0.444. The van der Waals surface area contributed by atoms with Crippen LogP contribution >= 0.6 is 0 Å². The van der Waals surface area contributed by atoms with Gasteiger partial charge in [-0.1, -0.05) is 18.2 Å². The number of carbonyl (C=O) groups excluding carboxylic acids is 2. The molecule has 2 heterocycles. The van der Waals surface area contributed by atoms with Crippen molar-refractivity contribution in [3.63, 3.8) is 0 Å². The summed E-state index contributed by atoms with van der Waals surface area (Å²) in [5, 5.41) is 1.03. The summed E-state index contributed by atoms with van der Waals surface area (Å²) in [6, 6.07) is 9.66. The molecule has 1 aromatic carbocycles. The molecule has 5 nitrogen and oxygen atoms in total. The van der Waals surface area contributed by atoms with Gasteiger partial charge in [-0.15, -0.1) is 0 Å². The van der Waals surface area contributed by atoms with E-state index < -0.39 is 0 Å². The lowest BCUT2D eigenvalue weighted by Crippen LogP contribution is -2.48. The Morgan fingerprint density at radius 2 is 1.70 bits per heavy atom. The van der Waals surface area contributed by atoms with Crippen molar-refractivity contribution in [2.75, 3.05) is 13.1 Å². The Hall–Kier alpha value is -2.14. The van der Waals surface area contributed by atoms with E-state index in [0.717, 1.165) is 10.9 Å². The fourth-order valence-corrected chi connectivity index (χ4v) is 3.17. The number of morpholine rings is 1. The van der Waals surface area contributed by atoms with E-state index in [9.17, 15) is 9.59 Å². The Morgan fingerprint density at radius 3 is 2.43 bits per heavy atom. The second-order valence-corrected chi connectivity index (χ2v) is 6.19. The summed E-state index contributed by atoms with van der Waals surface area (Å²) in [5.74, 6) is -0.0225. The molecule has 1 aromatic heterocycles. The van der Waals surface area contributed by atoms with Gasteiger partial charge in [-0.05, 0) is 26.0 Å². The van der Waals surface area contributed by atoms with Gasteiger partial charge in [0.15, 0.2) is 0 Å². The molecule has 0 radical (unpaired) electrons. The minimum Gasteiger partial charge on any atom is -0.372 e. The van der Waals surface area contributed by atoms with Crippen LogP contribution in [-0.2, 0) is 9.53 Å². The van der Waals surface area contributed by atoms with Gasteiger partial charge in [0.25, 0.3) is 0 Å². The van der Waals surface area contributed by atoms with E-state index in [2.05, 4.69) is 0 Å². The first-order chi connectivity index (χ1) is 11.0. The Labute approximate surface area is 135 Å². The Morgan fingerprint density at radius 1 is 1.04 bits per heavy atom. The molecule has 3 rings (SSSR count). The van der Waals surface area contributed by atoms with Crippen LogP contribution in [0.3, 0.4) is 0 Å². The van der Waals surface area contributed by atoms with Crippen molar-refractivity contribution < 1.29 is 14.3 Å². The van der Waals surface area contributed by atoms with E-state index in [1.165, 1.54) is 0 Å². The lowest BCUT2D eigenvalue weighted by Gasteiger charge is -2.35. The molecule has 1 fully saturated rings. The quantitative estimate of drug-likeness (QED) is 0.875. The third kappa shape index (κ3) is 3.45. The van der Waals surface area contributed by atoms with Gasteiger partial charge in [-0.3, -0.25) is 14.2 Å². The van der Waals surface area contributed by atoms with Gasteiger partial charge in [-0.2, -0.15) is 0 Å². The van der Waals surface area contributed by atoms with Crippen molar-refractivity contribution in [3.05, 3.63) is 36.5 Å². The summed E-state index contributed by atoms with van der Waals surface area (Å²) in [5.41, 5.74) is 0.888. The highest BCUT2D eigenvalue weighted by atomic mass is 16.5. The van der Waals surface area contributed by atoms with Crippen molar-refractivity contribution in [1.82, 2.24) is 9.47 Å². The highest BCUT2D eigenvalue weighted by molar-refractivity contribution is 5.93. The third-order valence-electron chi connectivity index (χ3n) is 4.19. The van der Waals surface area contributed by atoms with Crippen LogP contribution in [0.5, 0.6) is 0 Å². The number of benzene rings is 1. The summed E-state index contributed by atoms with van der Waals surface area (Å²) in [4.78, 5) is 26.5. The average Bonchev–Trinajstić information content (AvgIpc) is 2.95. The summed E-state index contributed by atoms with van der Waals surface area (Å²) >= 11 is 0. The van der Waals surface area contributed by atoms with Gasteiger partial charge in [0.05, 0.1) is 17.7 Å². The fourth-order valence-electron chi connectivity index (χ4n) is 3.17. The maximum atomic E-state index is 12.4. The zero-order chi connectivity index (χ0) is 16.4. The van der Waals surface area contributed by atoms with Gasteiger partial charge in [-0.25, -0.2) is 0 Å². The first kappa shape index (κ1) is 15.7. The van der Waals surface area contributed by atoms with Crippen molar-refractivity contribution in [1.29, 1.82) is 0 Å². The number of carbonyl (C=O) groups is 2. The maximum absolute atomic E-state index is 12.4. The zero-order valence-corrected chi connectivity index (χ0v) is 13.6. The number of nitrogens with zero attached hydrogens (tertiary/aromatic N) is 2. The number of fused-ring (bicyclic) bond motifs is 1. The van der Waals surface area contributed by atoms with Gasteiger partial charge < -0.3 is 9.64 Å². The SMILES string of the molecule is CC1CN(C(=O)CCC(=O)n2ccc3ccccc32)CC(C)O1. The van der Waals surface area contributed by atoms with E-state index in [0.29, 0.717) is 13.1 Å². The molecule has 1 aliphatic heterocycles. The predicted molar refractivity (Wildman–Crippen MR) is 88.4 cm³/mol. The number of hydrogen-bond acceptors (Lipinski definition) is 3. The maximum Gasteiger partial charge on any atom is 0.231 e. The van der Waals surface area contributed by atoms with Crippen LogP contribution in [0, 0.1) is 0 Å². The van der Waals surface area contributed by atoms with E-state index in [1.54, 1.807) is 15.7 Å². The molecule has 0 spiro atoms. The van der Waals surface area contributed by atoms with Crippen molar-refractivity contribution >= 4 is 22.7 Å². The van der Waals surface area contributed by atoms with Crippen LogP contribution in [0.4, 0.5) is 0 Å². The molecule has 0 bridgehead atoms. The highest BCUT2D eigenvalue weighted by Crippen LogP contribution is 2.17. The summed E-state index contributed by atoms with van der Waals surface area (Å²) < 4.78 is 7.27. The Kier molecular flexibility index (Phi) is 4.48. The molecule has 0 N–H and O–H groups in total. The lowest BCUT2D eigenvalue weighted by atomic mass is 10.2. The van der Waals surface area contributed by atoms with Gasteiger partial charge in [0.2, 0.25) is 11.8 Å². The van der Waals surface area contributed by atoms with E-state index in [4.69, 9.17) is 4.74 Å². The molecule has 0 aliphatic carbocycles. The van der Waals surface area contributed by atoms with Crippen LogP contribution < -0.4 is 0 Å². The van der Waals surface area contributed by atoms with Crippen LogP contribution in [-0.4, -0.2) is 46.6 Å². The number of amides is 1.